The molecule has 16 heavy (non-hydrogen) atoms. The first-order chi connectivity index (χ1) is 7.84. The van der Waals surface area contributed by atoms with Gasteiger partial charge in [-0.05, 0) is 49.4 Å². The van der Waals surface area contributed by atoms with Crippen LogP contribution in [0.25, 0.3) is 0 Å². The maximum Gasteiger partial charge on any atom is 0.119 e. The molecule has 1 saturated heterocycles. The largest absolute Gasteiger partial charge is 0.493 e. The second-order valence-corrected chi connectivity index (χ2v) is 5.41. The number of nitrogens with one attached hydrogen (secondary N) is 1. The minimum Gasteiger partial charge on any atom is -0.493 e. The van der Waals surface area contributed by atoms with E-state index in [-0.39, 0.29) is 0 Å². The monoisotopic (exact) mass is 237 g/mol. The van der Waals surface area contributed by atoms with Gasteiger partial charge in [-0.3, -0.25) is 0 Å². The molecule has 0 bridgehead atoms. The van der Waals surface area contributed by atoms with Crippen LogP contribution in [0.15, 0.2) is 24.3 Å². The maximum absolute atomic E-state index is 5.68. The third kappa shape index (κ3) is 3.72. The molecule has 88 valence electrons. The number of ether oxygens (including phenoxy) is 1. The molecule has 0 aliphatic carbocycles. The lowest BCUT2D eigenvalue weighted by atomic mass is 10.1. The number of benzene rings is 1. The third-order valence-electron chi connectivity index (χ3n) is 2.71. The lowest BCUT2D eigenvalue weighted by Gasteiger charge is -2.26. The average Bonchev–Trinajstić information content (AvgIpc) is 2.20. The standard InChI is InChI=1S/C13H19NOS/c1-11-3-2-4-13(7-11)15-5-6-16-10-12-8-14-9-12/h2-4,7,12,14H,5-6,8-10H2,1H3. The van der Waals surface area contributed by atoms with E-state index in [0.717, 1.165) is 24.0 Å². The molecular formula is C13H19NOS. The number of thioether (sulfide) groups is 1. The van der Waals surface area contributed by atoms with E-state index >= 15 is 0 Å². The van der Waals surface area contributed by atoms with E-state index in [1.165, 1.54) is 24.4 Å². The van der Waals surface area contributed by atoms with Crippen LogP contribution in [0.3, 0.4) is 0 Å². The zero-order chi connectivity index (χ0) is 11.2. The fourth-order valence-corrected chi connectivity index (χ4v) is 2.58. The van der Waals surface area contributed by atoms with Gasteiger partial charge in [0.05, 0.1) is 6.61 Å². The Morgan fingerprint density at radius 2 is 2.31 bits per heavy atom. The molecule has 0 amide bonds. The van der Waals surface area contributed by atoms with Gasteiger partial charge < -0.3 is 10.1 Å². The molecule has 0 atom stereocenters. The molecule has 0 saturated carbocycles. The Morgan fingerprint density at radius 3 is 3.00 bits per heavy atom. The number of rotatable bonds is 6. The van der Waals surface area contributed by atoms with Crippen molar-refractivity contribution in [2.45, 2.75) is 6.92 Å². The van der Waals surface area contributed by atoms with Gasteiger partial charge in [0.15, 0.2) is 0 Å². The van der Waals surface area contributed by atoms with E-state index in [2.05, 4.69) is 24.4 Å². The number of aryl methyl sites for hydroxylation is 1. The Bertz CT molecular complexity index is 325. The summed E-state index contributed by atoms with van der Waals surface area (Å²) in [5, 5.41) is 3.29. The van der Waals surface area contributed by atoms with Crippen LogP contribution in [-0.2, 0) is 0 Å². The quantitative estimate of drug-likeness (QED) is 0.767. The van der Waals surface area contributed by atoms with Crippen molar-refractivity contribution in [2.75, 3.05) is 31.2 Å². The molecule has 2 rings (SSSR count). The average molecular weight is 237 g/mol. The lowest BCUT2D eigenvalue weighted by molar-refractivity contribution is 0.343. The summed E-state index contributed by atoms with van der Waals surface area (Å²) in [5.41, 5.74) is 1.26. The summed E-state index contributed by atoms with van der Waals surface area (Å²) in [5.74, 6) is 4.24. The fourth-order valence-electron chi connectivity index (χ4n) is 1.64. The predicted molar refractivity (Wildman–Crippen MR) is 70.4 cm³/mol. The summed E-state index contributed by atoms with van der Waals surface area (Å²) >= 11 is 2.00. The molecule has 0 aromatic heterocycles. The van der Waals surface area contributed by atoms with Crippen molar-refractivity contribution in [3.63, 3.8) is 0 Å². The number of hydrogen-bond donors (Lipinski definition) is 1. The van der Waals surface area contributed by atoms with E-state index < -0.39 is 0 Å². The van der Waals surface area contributed by atoms with Gasteiger partial charge in [-0.15, -0.1) is 0 Å². The van der Waals surface area contributed by atoms with Crippen molar-refractivity contribution in [3.05, 3.63) is 29.8 Å². The molecule has 0 spiro atoms. The molecule has 1 aliphatic heterocycles. The maximum atomic E-state index is 5.68. The Labute approximate surface area is 102 Å². The summed E-state index contributed by atoms with van der Waals surface area (Å²) in [6.07, 6.45) is 0. The molecule has 1 N–H and O–H groups in total. The first-order valence-electron chi connectivity index (χ1n) is 5.82. The zero-order valence-electron chi connectivity index (χ0n) is 9.74. The van der Waals surface area contributed by atoms with Crippen molar-refractivity contribution < 1.29 is 4.74 Å². The topological polar surface area (TPSA) is 21.3 Å². The molecule has 3 heteroatoms. The van der Waals surface area contributed by atoms with E-state index in [9.17, 15) is 0 Å². The van der Waals surface area contributed by atoms with Gasteiger partial charge >= 0.3 is 0 Å². The Morgan fingerprint density at radius 1 is 1.44 bits per heavy atom. The predicted octanol–water partition coefficient (Wildman–Crippen LogP) is 2.33. The zero-order valence-corrected chi connectivity index (χ0v) is 10.6. The molecule has 1 heterocycles. The molecule has 1 aromatic carbocycles. The molecule has 1 aliphatic rings. The first-order valence-corrected chi connectivity index (χ1v) is 6.98. The van der Waals surface area contributed by atoms with Crippen LogP contribution < -0.4 is 10.1 Å². The summed E-state index contributed by atoms with van der Waals surface area (Å²) in [6.45, 7) is 5.30. The van der Waals surface area contributed by atoms with E-state index in [1.54, 1.807) is 0 Å². The normalized spacial score (nSPS) is 15.8. The second-order valence-electron chi connectivity index (χ2n) is 4.26. The van der Waals surface area contributed by atoms with Crippen LogP contribution in [-0.4, -0.2) is 31.2 Å². The highest BCUT2D eigenvalue weighted by atomic mass is 32.2. The minimum absolute atomic E-state index is 0.814. The van der Waals surface area contributed by atoms with Gasteiger partial charge in [0, 0.05) is 5.75 Å². The van der Waals surface area contributed by atoms with E-state index in [0.29, 0.717) is 0 Å². The van der Waals surface area contributed by atoms with Crippen LogP contribution in [0, 0.1) is 12.8 Å². The van der Waals surface area contributed by atoms with Gasteiger partial charge in [-0.1, -0.05) is 12.1 Å². The molecule has 0 radical (unpaired) electrons. The molecule has 0 unspecified atom stereocenters. The van der Waals surface area contributed by atoms with Gasteiger partial charge in [0.1, 0.15) is 5.75 Å². The highest BCUT2D eigenvalue weighted by Crippen LogP contribution is 2.15. The summed E-state index contributed by atoms with van der Waals surface area (Å²) in [7, 11) is 0. The van der Waals surface area contributed by atoms with Crippen LogP contribution in [0.5, 0.6) is 5.75 Å². The highest BCUT2D eigenvalue weighted by Gasteiger charge is 2.15. The summed E-state index contributed by atoms with van der Waals surface area (Å²) in [4.78, 5) is 0. The van der Waals surface area contributed by atoms with E-state index in [1.807, 2.05) is 23.9 Å². The van der Waals surface area contributed by atoms with Gasteiger partial charge in [-0.25, -0.2) is 0 Å². The second kappa shape index (κ2) is 6.16. The van der Waals surface area contributed by atoms with Gasteiger partial charge in [0.25, 0.3) is 0 Å². The van der Waals surface area contributed by atoms with E-state index in [4.69, 9.17) is 4.74 Å². The Hall–Kier alpha value is -0.670. The van der Waals surface area contributed by atoms with Crippen LogP contribution in [0.2, 0.25) is 0 Å². The smallest absolute Gasteiger partial charge is 0.119 e. The summed E-state index contributed by atoms with van der Waals surface area (Å²) < 4.78 is 5.68. The lowest BCUT2D eigenvalue weighted by Crippen LogP contribution is -2.43. The molecular weight excluding hydrogens is 218 g/mol. The SMILES string of the molecule is Cc1cccc(OCCSCC2CNC2)c1. The Kier molecular flexibility index (Phi) is 4.55. The van der Waals surface area contributed by atoms with Crippen LogP contribution in [0.1, 0.15) is 5.56 Å². The van der Waals surface area contributed by atoms with Crippen molar-refractivity contribution in [3.8, 4) is 5.75 Å². The van der Waals surface area contributed by atoms with Crippen LogP contribution in [0.4, 0.5) is 0 Å². The molecule has 2 nitrogen and oxygen atoms in total. The van der Waals surface area contributed by atoms with Crippen molar-refractivity contribution >= 4 is 11.8 Å². The molecule has 1 aromatic rings. The van der Waals surface area contributed by atoms with Crippen molar-refractivity contribution in [1.82, 2.24) is 5.32 Å². The van der Waals surface area contributed by atoms with Gasteiger partial charge in [0.2, 0.25) is 0 Å². The highest BCUT2D eigenvalue weighted by molar-refractivity contribution is 7.99. The van der Waals surface area contributed by atoms with Gasteiger partial charge in [-0.2, -0.15) is 11.8 Å². The fraction of sp³-hybridized carbons (Fsp3) is 0.538. The number of hydrogen-bond acceptors (Lipinski definition) is 3. The minimum atomic E-state index is 0.814. The van der Waals surface area contributed by atoms with Crippen LogP contribution >= 0.6 is 11.8 Å². The Balaban J connectivity index is 1.56. The summed E-state index contributed by atoms with van der Waals surface area (Å²) in [6, 6.07) is 8.23. The molecule has 1 fully saturated rings. The van der Waals surface area contributed by atoms with Crippen molar-refractivity contribution in [1.29, 1.82) is 0 Å². The third-order valence-corrected chi connectivity index (χ3v) is 3.87. The first kappa shape index (κ1) is 11.8. The van der Waals surface area contributed by atoms with Crippen molar-refractivity contribution in [2.24, 2.45) is 5.92 Å².